The number of primary amides is 1. The van der Waals surface area contributed by atoms with E-state index in [1.807, 2.05) is 58.2 Å². The molecule has 2 amide bonds. The first-order valence-corrected chi connectivity index (χ1v) is 15.2. The number of hydrogen-bond donors (Lipinski definition) is 3. The van der Waals surface area contributed by atoms with E-state index in [2.05, 4.69) is 21.1 Å². The summed E-state index contributed by atoms with van der Waals surface area (Å²) in [5.74, 6) is 2.45. The summed E-state index contributed by atoms with van der Waals surface area (Å²) in [5.41, 5.74) is 10.3. The summed E-state index contributed by atoms with van der Waals surface area (Å²) in [4.78, 5) is 34.3. The Bertz CT molecular complexity index is 1700. The van der Waals surface area contributed by atoms with Crippen LogP contribution in [0.2, 0.25) is 0 Å². The second-order valence-corrected chi connectivity index (χ2v) is 12.4. The molecule has 2 aliphatic carbocycles. The van der Waals surface area contributed by atoms with Gasteiger partial charge in [0.15, 0.2) is 5.82 Å². The Hall–Kier alpha value is -4.80. The monoisotopic (exact) mass is 614 g/mol. The lowest BCUT2D eigenvalue weighted by Gasteiger charge is -2.25. The molecule has 2 aromatic heterocycles. The molecule has 1 aromatic carbocycles. The SMILES string of the molecule is COc1ccc(CNc2nccn3c(C4=CCC(NC(=O)OC(C)(C)C)CC4)nc(C4=CC=C(C(N)=O)C(C)C4)c23)c(OC)c1. The van der Waals surface area contributed by atoms with Crippen LogP contribution in [0.1, 0.15) is 70.5 Å². The van der Waals surface area contributed by atoms with Gasteiger partial charge in [-0.15, -0.1) is 0 Å². The number of amides is 2. The first-order valence-electron chi connectivity index (χ1n) is 15.2. The Kier molecular flexibility index (Phi) is 9.17. The van der Waals surface area contributed by atoms with Crippen LogP contribution in [-0.4, -0.2) is 52.2 Å². The third-order valence-electron chi connectivity index (χ3n) is 8.02. The van der Waals surface area contributed by atoms with Crippen LogP contribution in [0, 0.1) is 5.92 Å². The van der Waals surface area contributed by atoms with E-state index in [1.54, 1.807) is 26.5 Å². The molecule has 0 aliphatic heterocycles. The lowest BCUT2D eigenvalue weighted by atomic mass is 9.86. The summed E-state index contributed by atoms with van der Waals surface area (Å²) in [7, 11) is 3.26. The number of ether oxygens (including phenoxy) is 3. The maximum absolute atomic E-state index is 12.4. The molecule has 0 fully saturated rings. The predicted octanol–water partition coefficient (Wildman–Crippen LogP) is 5.65. The number of aromatic nitrogens is 3. The van der Waals surface area contributed by atoms with Gasteiger partial charge in [-0.2, -0.15) is 0 Å². The largest absolute Gasteiger partial charge is 0.497 e. The first kappa shape index (κ1) is 31.6. The van der Waals surface area contributed by atoms with E-state index in [0.29, 0.717) is 42.3 Å². The van der Waals surface area contributed by atoms with Crippen LogP contribution in [0.15, 0.2) is 54.4 Å². The molecule has 2 heterocycles. The molecule has 2 aliphatic rings. The van der Waals surface area contributed by atoms with E-state index < -0.39 is 17.6 Å². The minimum absolute atomic E-state index is 0.0214. The van der Waals surface area contributed by atoms with E-state index in [-0.39, 0.29) is 12.0 Å². The molecular formula is C34H42N6O5. The van der Waals surface area contributed by atoms with Crippen molar-refractivity contribution in [2.24, 2.45) is 11.7 Å². The van der Waals surface area contributed by atoms with Crippen LogP contribution in [0.4, 0.5) is 10.6 Å². The standard InChI is InChI=1S/C34H42N6O5/c1-20-17-22(10-14-26(20)30(35)41)28-29-31(37-19-23-9-13-25(43-5)18-27(23)44-6)36-15-16-40(29)32(39-28)21-7-11-24(12-8-21)38-33(42)45-34(2,3)4/h7,9-10,13-16,18,20,24H,8,11-12,17,19H2,1-6H3,(H2,35,41)(H,36,37)(H,38,42). The van der Waals surface area contributed by atoms with Crippen LogP contribution < -0.4 is 25.8 Å². The van der Waals surface area contributed by atoms with Crippen LogP contribution >= 0.6 is 0 Å². The smallest absolute Gasteiger partial charge is 0.407 e. The molecule has 0 saturated heterocycles. The maximum atomic E-state index is 12.4. The van der Waals surface area contributed by atoms with Gasteiger partial charge in [-0.1, -0.05) is 25.2 Å². The molecule has 11 nitrogen and oxygen atoms in total. The summed E-state index contributed by atoms with van der Waals surface area (Å²) in [6.45, 7) is 8.01. The van der Waals surface area contributed by atoms with Crippen molar-refractivity contribution >= 4 is 34.5 Å². The number of alkyl carbamates (subject to hydrolysis) is 1. The fourth-order valence-electron chi connectivity index (χ4n) is 5.80. The molecular weight excluding hydrogens is 572 g/mol. The number of benzene rings is 1. The van der Waals surface area contributed by atoms with Crippen molar-refractivity contribution < 1.29 is 23.8 Å². The van der Waals surface area contributed by atoms with Crippen molar-refractivity contribution in [3.63, 3.8) is 0 Å². The van der Waals surface area contributed by atoms with E-state index in [0.717, 1.165) is 46.6 Å². The highest BCUT2D eigenvalue weighted by molar-refractivity contribution is 5.95. The highest BCUT2D eigenvalue weighted by Crippen LogP contribution is 2.37. The summed E-state index contributed by atoms with van der Waals surface area (Å²) in [6, 6.07) is 5.69. The average molecular weight is 615 g/mol. The number of carbonyl (C=O) groups excluding carboxylic acids is 2. The Balaban J connectivity index is 1.50. The maximum Gasteiger partial charge on any atom is 0.407 e. The highest BCUT2D eigenvalue weighted by Gasteiger charge is 2.28. The number of nitrogens with one attached hydrogen (secondary N) is 2. The second kappa shape index (κ2) is 13.1. The molecule has 2 atom stereocenters. The second-order valence-electron chi connectivity index (χ2n) is 12.4. The van der Waals surface area contributed by atoms with Gasteiger partial charge in [-0.3, -0.25) is 9.20 Å². The first-order chi connectivity index (χ1) is 21.5. The number of nitrogens with zero attached hydrogens (tertiary/aromatic N) is 3. The van der Waals surface area contributed by atoms with Crippen molar-refractivity contribution in [3.05, 3.63) is 71.5 Å². The summed E-state index contributed by atoms with van der Waals surface area (Å²) < 4.78 is 18.5. The molecule has 0 radical (unpaired) electrons. The minimum atomic E-state index is -0.554. The van der Waals surface area contributed by atoms with E-state index >= 15 is 0 Å². The zero-order valence-electron chi connectivity index (χ0n) is 26.8. The van der Waals surface area contributed by atoms with Crippen molar-refractivity contribution in [3.8, 4) is 11.5 Å². The molecule has 4 N–H and O–H groups in total. The van der Waals surface area contributed by atoms with Gasteiger partial charge in [0.1, 0.15) is 28.4 Å². The molecule has 0 spiro atoms. The normalized spacial score (nSPS) is 18.4. The van der Waals surface area contributed by atoms with E-state index in [4.69, 9.17) is 29.9 Å². The van der Waals surface area contributed by atoms with E-state index in [1.165, 1.54) is 0 Å². The van der Waals surface area contributed by atoms with Crippen molar-refractivity contribution in [2.45, 2.75) is 71.6 Å². The third-order valence-corrected chi connectivity index (χ3v) is 8.02. The minimum Gasteiger partial charge on any atom is -0.497 e. The van der Waals surface area contributed by atoms with Gasteiger partial charge in [0.05, 0.1) is 19.9 Å². The Morgan fingerprint density at radius 3 is 2.58 bits per heavy atom. The highest BCUT2D eigenvalue weighted by atomic mass is 16.6. The fraction of sp³-hybridized carbons (Fsp3) is 0.412. The van der Waals surface area contributed by atoms with Crippen LogP contribution in [-0.2, 0) is 16.1 Å². The average Bonchev–Trinajstić information content (AvgIpc) is 3.39. The number of imidazole rings is 1. The number of allylic oxidation sites excluding steroid dienone is 4. The molecule has 238 valence electrons. The summed E-state index contributed by atoms with van der Waals surface area (Å²) in [6.07, 6.45) is 11.9. The Labute approximate surface area is 263 Å². The van der Waals surface area contributed by atoms with Gasteiger partial charge in [0.2, 0.25) is 5.91 Å². The van der Waals surface area contributed by atoms with Crippen molar-refractivity contribution in [1.29, 1.82) is 0 Å². The number of anilines is 1. The zero-order valence-corrected chi connectivity index (χ0v) is 26.8. The van der Waals surface area contributed by atoms with Crippen LogP contribution in [0.3, 0.4) is 0 Å². The topological polar surface area (TPSA) is 142 Å². The summed E-state index contributed by atoms with van der Waals surface area (Å²) >= 11 is 0. The van der Waals surface area contributed by atoms with Gasteiger partial charge in [0.25, 0.3) is 0 Å². The Morgan fingerprint density at radius 2 is 1.93 bits per heavy atom. The molecule has 5 rings (SSSR count). The quantitative estimate of drug-likeness (QED) is 0.281. The van der Waals surface area contributed by atoms with Gasteiger partial charge < -0.3 is 30.6 Å². The number of carbonyl (C=O) groups is 2. The van der Waals surface area contributed by atoms with Gasteiger partial charge >= 0.3 is 6.09 Å². The zero-order chi connectivity index (χ0) is 32.3. The lowest BCUT2D eigenvalue weighted by Crippen LogP contribution is -2.39. The predicted molar refractivity (Wildman–Crippen MR) is 174 cm³/mol. The number of hydrogen-bond acceptors (Lipinski definition) is 8. The van der Waals surface area contributed by atoms with Gasteiger partial charge in [-0.05, 0) is 75.7 Å². The molecule has 11 heteroatoms. The summed E-state index contributed by atoms with van der Waals surface area (Å²) in [5, 5.41) is 6.50. The number of rotatable bonds is 9. The lowest BCUT2D eigenvalue weighted by molar-refractivity contribution is -0.115. The molecule has 0 bridgehead atoms. The van der Waals surface area contributed by atoms with Gasteiger partial charge in [0, 0.05) is 42.2 Å². The molecule has 45 heavy (non-hydrogen) atoms. The van der Waals surface area contributed by atoms with E-state index in [9.17, 15) is 9.59 Å². The van der Waals surface area contributed by atoms with Crippen LogP contribution in [0.25, 0.3) is 16.7 Å². The Morgan fingerprint density at radius 1 is 1.13 bits per heavy atom. The molecule has 0 saturated carbocycles. The fourth-order valence-corrected chi connectivity index (χ4v) is 5.80. The molecule has 3 aromatic rings. The number of methoxy groups -OCH3 is 2. The van der Waals surface area contributed by atoms with Crippen LogP contribution in [0.5, 0.6) is 11.5 Å². The van der Waals surface area contributed by atoms with Crippen molar-refractivity contribution in [1.82, 2.24) is 19.7 Å². The van der Waals surface area contributed by atoms with Crippen molar-refractivity contribution in [2.75, 3.05) is 19.5 Å². The number of nitrogens with two attached hydrogens (primary N) is 1. The van der Waals surface area contributed by atoms with Gasteiger partial charge in [-0.25, -0.2) is 14.8 Å². The molecule has 2 unspecified atom stereocenters. The number of fused-ring (bicyclic) bond motifs is 1. The third kappa shape index (κ3) is 7.13.